The molecule has 0 unspecified atom stereocenters. The van der Waals surface area contributed by atoms with Crippen LogP contribution in [0.5, 0.6) is 5.75 Å². The number of hydrogen-bond donors (Lipinski definition) is 0. The molecule has 0 fully saturated rings. The number of carbonyl (C=O) groups is 1. The van der Waals surface area contributed by atoms with Gasteiger partial charge < -0.3 is 9.47 Å². The van der Waals surface area contributed by atoms with Gasteiger partial charge in [0.1, 0.15) is 15.5 Å². The van der Waals surface area contributed by atoms with Crippen molar-refractivity contribution < 1.29 is 22.7 Å². The number of thiophene rings is 1. The summed E-state index contributed by atoms with van der Waals surface area (Å²) < 4.78 is 34.6. The minimum atomic E-state index is -4.13. The maximum atomic E-state index is 11.8. The molecular formula is C11H8BrClO5S2. The fraction of sp³-hybridized carbons (Fsp3) is 0.182. The Bertz CT molecular complexity index is 797. The molecule has 1 aromatic heterocycles. The van der Waals surface area contributed by atoms with E-state index < -0.39 is 15.0 Å². The lowest BCUT2D eigenvalue weighted by Crippen LogP contribution is -2.04. The van der Waals surface area contributed by atoms with Crippen LogP contribution in [0.3, 0.4) is 0 Å². The van der Waals surface area contributed by atoms with E-state index in [-0.39, 0.29) is 15.2 Å². The van der Waals surface area contributed by atoms with Crippen LogP contribution in [-0.2, 0) is 13.8 Å². The van der Waals surface area contributed by atoms with Crippen molar-refractivity contribution in [2.75, 3.05) is 14.2 Å². The third-order valence-electron chi connectivity index (χ3n) is 2.51. The van der Waals surface area contributed by atoms with Gasteiger partial charge in [0.15, 0.2) is 0 Å². The van der Waals surface area contributed by atoms with E-state index in [2.05, 4.69) is 20.7 Å². The van der Waals surface area contributed by atoms with Crippen LogP contribution in [0.25, 0.3) is 10.1 Å². The summed E-state index contributed by atoms with van der Waals surface area (Å²) in [6.07, 6.45) is 0. The highest BCUT2D eigenvalue weighted by Crippen LogP contribution is 2.43. The van der Waals surface area contributed by atoms with Gasteiger partial charge in [0, 0.05) is 19.9 Å². The smallest absolute Gasteiger partial charge is 0.349 e. The minimum Gasteiger partial charge on any atom is -0.496 e. The second-order valence-electron chi connectivity index (χ2n) is 3.67. The van der Waals surface area contributed by atoms with Crippen molar-refractivity contribution >= 4 is 63.1 Å². The molecule has 0 N–H and O–H groups in total. The first-order valence-electron chi connectivity index (χ1n) is 5.12. The first kappa shape index (κ1) is 15.6. The maximum absolute atomic E-state index is 11.8. The van der Waals surface area contributed by atoms with E-state index in [1.807, 2.05) is 0 Å². The van der Waals surface area contributed by atoms with Crippen molar-refractivity contribution in [3.05, 3.63) is 21.5 Å². The van der Waals surface area contributed by atoms with Gasteiger partial charge in [-0.25, -0.2) is 13.2 Å². The van der Waals surface area contributed by atoms with E-state index in [1.165, 1.54) is 14.2 Å². The molecule has 0 aliphatic carbocycles. The van der Waals surface area contributed by atoms with Gasteiger partial charge in [-0.05, 0) is 12.1 Å². The Balaban J connectivity index is 2.99. The number of benzene rings is 1. The van der Waals surface area contributed by atoms with Crippen LogP contribution in [0.2, 0.25) is 0 Å². The van der Waals surface area contributed by atoms with Crippen molar-refractivity contribution in [1.82, 2.24) is 0 Å². The zero-order valence-corrected chi connectivity index (χ0v) is 14.2. The van der Waals surface area contributed by atoms with Crippen LogP contribution < -0.4 is 4.74 Å². The number of rotatable bonds is 3. The monoisotopic (exact) mass is 398 g/mol. The molecule has 0 saturated carbocycles. The second-order valence-corrected chi connectivity index (χ2v) is 8.14. The Morgan fingerprint density at radius 2 is 2.00 bits per heavy atom. The number of fused-ring (bicyclic) bond motifs is 1. The lowest BCUT2D eigenvalue weighted by atomic mass is 10.2. The van der Waals surface area contributed by atoms with Crippen molar-refractivity contribution in [3.8, 4) is 5.75 Å². The van der Waals surface area contributed by atoms with E-state index in [1.54, 1.807) is 12.1 Å². The van der Waals surface area contributed by atoms with Gasteiger partial charge in [-0.1, -0.05) is 15.9 Å². The quantitative estimate of drug-likeness (QED) is 0.584. The van der Waals surface area contributed by atoms with Gasteiger partial charge in [0.25, 0.3) is 9.05 Å². The summed E-state index contributed by atoms with van der Waals surface area (Å²) in [7, 11) is 3.90. The van der Waals surface area contributed by atoms with Gasteiger partial charge in [-0.2, -0.15) is 0 Å². The molecule has 0 atom stereocenters. The topological polar surface area (TPSA) is 69.7 Å². The summed E-state index contributed by atoms with van der Waals surface area (Å²) in [4.78, 5) is 11.4. The van der Waals surface area contributed by atoms with E-state index in [0.717, 1.165) is 11.3 Å². The zero-order valence-electron chi connectivity index (χ0n) is 10.3. The Kier molecular flexibility index (Phi) is 4.29. The van der Waals surface area contributed by atoms with Gasteiger partial charge in [0.05, 0.1) is 19.6 Å². The summed E-state index contributed by atoms with van der Waals surface area (Å²) in [6.45, 7) is 0. The molecule has 1 aromatic carbocycles. The number of methoxy groups -OCH3 is 2. The first-order valence-corrected chi connectivity index (χ1v) is 9.04. The molecule has 0 aliphatic rings. The number of ether oxygens (including phenoxy) is 2. The second kappa shape index (κ2) is 5.51. The molecule has 0 amide bonds. The third-order valence-corrected chi connectivity index (χ3v) is 5.57. The average molecular weight is 400 g/mol. The molecule has 20 heavy (non-hydrogen) atoms. The molecule has 108 valence electrons. The molecular weight excluding hydrogens is 392 g/mol. The molecule has 2 rings (SSSR count). The van der Waals surface area contributed by atoms with Crippen molar-refractivity contribution in [2.45, 2.75) is 4.90 Å². The number of hydrogen-bond acceptors (Lipinski definition) is 6. The fourth-order valence-corrected chi connectivity index (χ4v) is 5.29. The Hall–Kier alpha value is -0.830. The van der Waals surface area contributed by atoms with Gasteiger partial charge in [-0.3, -0.25) is 0 Å². The van der Waals surface area contributed by atoms with Crippen LogP contribution in [0, 0.1) is 0 Å². The zero-order chi connectivity index (χ0) is 15.1. The predicted molar refractivity (Wildman–Crippen MR) is 80.5 cm³/mol. The SMILES string of the molecule is COC(=O)c1sc2cc(Br)cc(OC)c2c1S(=O)(=O)Cl. The standard InChI is InChI=1S/C11H8BrClO5S2/c1-17-6-3-5(12)4-7-8(6)10(20(13,15)16)9(19-7)11(14)18-2/h3-4H,1-2H3. The maximum Gasteiger partial charge on any atom is 0.349 e. The van der Waals surface area contributed by atoms with Crippen LogP contribution in [0.4, 0.5) is 0 Å². The van der Waals surface area contributed by atoms with Crippen LogP contribution >= 0.6 is 37.9 Å². The van der Waals surface area contributed by atoms with E-state index >= 15 is 0 Å². The van der Waals surface area contributed by atoms with E-state index in [0.29, 0.717) is 14.9 Å². The fourth-order valence-electron chi connectivity index (χ4n) is 1.75. The minimum absolute atomic E-state index is 0.0751. The van der Waals surface area contributed by atoms with Crippen LogP contribution in [0.1, 0.15) is 9.67 Å². The average Bonchev–Trinajstić information content (AvgIpc) is 2.75. The lowest BCUT2D eigenvalue weighted by Gasteiger charge is -2.05. The van der Waals surface area contributed by atoms with Gasteiger partial charge in [0.2, 0.25) is 0 Å². The first-order chi connectivity index (χ1) is 9.29. The van der Waals surface area contributed by atoms with E-state index in [4.69, 9.17) is 15.4 Å². The Morgan fingerprint density at radius 1 is 1.35 bits per heavy atom. The predicted octanol–water partition coefficient (Wildman–Crippen LogP) is 3.39. The summed E-state index contributed by atoms with van der Waals surface area (Å²) >= 11 is 4.27. The Morgan fingerprint density at radius 3 is 2.50 bits per heavy atom. The molecule has 5 nitrogen and oxygen atoms in total. The molecule has 9 heteroatoms. The summed E-state index contributed by atoms with van der Waals surface area (Å²) in [5.74, 6) is -0.455. The van der Waals surface area contributed by atoms with Crippen LogP contribution in [0.15, 0.2) is 21.5 Å². The van der Waals surface area contributed by atoms with Gasteiger partial charge in [-0.15, -0.1) is 11.3 Å². The number of halogens is 2. The van der Waals surface area contributed by atoms with E-state index in [9.17, 15) is 13.2 Å². The van der Waals surface area contributed by atoms with Gasteiger partial charge >= 0.3 is 5.97 Å². The highest BCUT2D eigenvalue weighted by Gasteiger charge is 2.29. The van der Waals surface area contributed by atoms with Crippen molar-refractivity contribution in [3.63, 3.8) is 0 Å². The molecule has 0 spiro atoms. The molecule has 0 bridgehead atoms. The third kappa shape index (κ3) is 2.65. The summed E-state index contributed by atoms with van der Waals surface area (Å²) in [6, 6.07) is 3.28. The summed E-state index contributed by atoms with van der Waals surface area (Å²) in [5, 5.41) is 0.274. The van der Waals surface area contributed by atoms with Crippen LogP contribution in [-0.4, -0.2) is 28.6 Å². The number of esters is 1. The molecule has 1 heterocycles. The largest absolute Gasteiger partial charge is 0.496 e. The molecule has 2 aromatic rings. The summed E-state index contributed by atoms with van der Waals surface area (Å²) in [5.41, 5.74) is 0. The highest BCUT2D eigenvalue weighted by molar-refractivity contribution is 9.10. The number of carbonyl (C=O) groups excluding carboxylic acids is 1. The Labute approximate surface area is 132 Å². The highest BCUT2D eigenvalue weighted by atomic mass is 79.9. The molecule has 0 aliphatic heterocycles. The molecule has 0 radical (unpaired) electrons. The van der Waals surface area contributed by atoms with Crippen molar-refractivity contribution in [2.24, 2.45) is 0 Å². The van der Waals surface area contributed by atoms with Crippen molar-refractivity contribution in [1.29, 1.82) is 0 Å². The normalized spacial score (nSPS) is 11.6. The lowest BCUT2D eigenvalue weighted by molar-refractivity contribution is 0.0602. The molecule has 0 saturated heterocycles.